The highest BCUT2D eigenvalue weighted by molar-refractivity contribution is 9.10. The zero-order valence-electron chi connectivity index (χ0n) is 12.6. The van der Waals surface area contributed by atoms with Gasteiger partial charge in [-0.1, -0.05) is 32.6 Å². The van der Waals surface area contributed by atoms with E-state index in [1.807, 2.05) is 0 Å². The van der Waals surface area contributed by atoms with Crippen molar-refractivity contribution in [3.63, 3.8) is 0 Å². The predicted molar refractivity (Wildman–Crippen MR) is 86.3 cm³/mol. The second kappa shape index (κ2) is 8.23. The first-order valence-electron chi connectivity index (χ1n) is 8.01. The summed E-state index contributed by atoms with van der Waals surface area (Å²) in [5, 5.41) is 3.45. The average molecular weight is 360 g/mol. The van der Waals surface area contributed by atoms with Gasteiger partial charge in [0.15, 0.2) is 0 Å². The Labute approximate surface area is 134 Å². The molecule has 0 saturated heterocycles. The summed E-state index contributed by atoms with van der Waals surface area (Å²) < 4.78 is 28.4. The van der Waals surface area contributed by atoms with Crippen LogP contribution in [0.3, 0.4) is 0 Å². The van der Waals surface area contributed by atoms with Gasteiger partial charge in [-0.3, -0.25) is 0 Å². The lowest BCUT2D eigenvalue weighted by Crippen LogP contribution is -2.30. The van der Waals surface area contributed by atoms with E-state index in [0.29, 0.717) is 11.5 Å². The van der Waals surface area contributed by atoms with Crippen LogP contribution in [0.1, 0.15) is 63.5 Å². The molecule has 1 N–H and O–H groups in total. The summed E-state index contributed by atoms with van der Waals surface area (Å²) in [6, 6.07) is 2.53. The highest BCUT2D eigenvalue weighted by Gasteiger charge is 2.26. The van der Waals surface area contributed by atoms with Crippen LogP contribution in [0.2, 0.25) is 0 Å². The highest BCUT2D eigenvalue weighted by Crippen LogP contribution is 2.36. The van der Waals surface area contributed by atoms with Gasteiger partial charge < -0.3 is 5.32 Å². The smallest absolute Gasteiger partial charge is 0.137 e. The maximum atomic E-state index is 14.3. The second-order valence-electron chi connectivity index (χ2n) is 5.97. The van der Waals surface area contributed by atoms with Crippen LogP contribution in [0.5, 0.6) is 0 Å². The standard InChI is InChI=1S/C17H24BrF2N/c1-2-9-21-17(12-7-5-3-4-6-8-12)13-10-16(20)14(18)11-15(13)19/h10-12,17,21H,2-9H2,1H3. The Kier molecular flexibility index (Phi) is 6.62. The molecule has 1 aliphatic carbocycles. The fourth-order valence-electron chi connectivity index (χ4n) is 3.25. The van der Waals surface area contributed by atoms with Crippen molar-refractivity contribution >= 4 is 15.9 Å². The zero-order valence-corrected chi connectivity index (χ0v) is 14.2. The number of halogens is 3. The summed E-state index contributed by atoms with van der Waals surface area (Å²) >= 11 is 3.06. The molecule has 0 aliphatic heterocycles. The quantitative estimate of drug-likeness (QED) is 0.522. The van der Waals surface area contributed by atoms with Gasteiger partial charge in [0.1, 0.15) is 11.6 Å². The van der Waals surface area contributed by atoms with Crippen LogP contribution in [0.15, 0.2) is 16.6 Å². The first kappa shape index (κ1) is 16.9. The predicted octanol–water partition coefficient (Wildman–Crippen LogP) is 5.74. The number of hydrogen-bond donors (Lipinski definition) is 1. The van der Waals surface area contributed by atoms with Crippen LogP contribution < -0.4 is 5.32 Å². The van der Waals surface area contributed by atoms with Crippen molar-refractivity contribution in [3.05, 3.63) is 33.8 Å². The second-order valence-corrected chi connectivity index (χ2v) is 6.83. The molecule has 118 valence electrons. The third-order valence-electron chi connectivity index (χ3n) is 4.36. The van der Waals surface area contributed by atoms with Gasteiger partial charge in [-0.15, -0.1) is 0 Å². The van der Waals surface area contributed by atoms with Gasteiger partial charge in [0, 0.05) is 11.6 Å². The summed E-state index contributed by atoms with van der Waals surface area (Å²) in [7, 11) is 0. The largest absolute Gasteiger partial charge is 0.310 e. The van der Waals surface area contributed by atoms with Gasteiger partial charge in [0.2, 0.25) is 0 Å². The SMILES string of the molecule is CCCNC(c1cc(F)c(Br)cc1F)C1CCCCCC1. The summed E-state index contributed by atoms with van der Waals surface area (Å²) in [5.74, 6) is -0.307. The number of hydrogen-bond acceptors (Lipinski definition) is 1. The molecule has 0 bridgehead atoms. The third kappa shape index (κ3) is 4.49. The lowest BCUT2D eigenvalue weighted by atomic mass is 9.86. The van der Waals surface area contributed by atoms with E-state index in [1.165, 1.54) is 37.8 Å². The van der Waals surface area contributed by atoms with E-state index in [0.717, 1.165) is 25.8 Å². The van der Waals surface area contributed by atoms with E-state index < -0.39 is 0 Å². The first-order valence-corrected chi connectivity index (χ1v) is 8.80. The van der Waals surface area contributed by atoms with Crippen molar-refractivity contribution in [3.8, 4) is 0 Å². The molecule has 1 aromatic carbocycles. The van der Waals surface area contributed by atoms with E-state index in [2.05, 4.69) is 28.2 Å². The molecule has 0 amide bonds. The molecule has 0 heterocycles. The molecule has 1 aromatic rings. The van der Waals surface area contributed by atoms with E-state index in [4.69, 9.17) is 0 Å². The van der Waals surface area contributed by atoms with Crippen molar-refractivity contribution in [1.82, 2.24) is 5.32 Å². The minimum atomic E-state index is -0.386. The van der Waals surface area contributed by atoms with Crippen LogP contribution >= 0.6 is 15.9 Å². The van der Waals surface area contributed by atoms with Crippen LogP contribution in [-0.2, 0) is 0 Å². The summed E-state index contributed by atoms with van der Waals surface area (Å²) in [6.07, 6.45) is 8.08. The number of benzene rings is 1. The lowest BCUT2D eigenvalue weighted by molar-refractivity contribution is 0.317. The van der Waals surface area contributed by atoms with E-state index >= 15 is 0 Å². The lowest BCUT2D eigenvalue weighted by Gasteiger charge is -2.28. The monoisotopic (exact) mass is 359 g/mol. The maximum absolute atomic E-state index is 14.3. The maximum Gasteiger partial charge on any atom is 0.137 e. The van der Waals surface area contributed by atoms with Gasteiger partial charge >= 0.3 is 0 Å². The topological polar surface area (TPSA) is 12.0 Å². The molecule has 1 unspecified atom stereocenters. The van der Waals surface area contributed by atoms with E-state index in [-0.39, 0.29) is 22.1 Å². The van der Waals surface area contributed by atoms with Gasteiger partial charge in [0.05, 0.1) is 4.47 Å². The van der Waals surface area contributed by atoms with Crippen molar-refractivity contribution in [2.75, 3.05) is 6.54 Å². The molecule has 1 nitrogen and oxygen atoms in total. The summed E-state index contributed by atoms with van der Waals surface area (Å²) in [4.78, 5) is 0. The zero-order chi connectivity index (χ0) is 15.2. The van der Waals surface area contributed by atoms with Gasteiger partial charge in [-0.05, 0) is 59.8 Å². The Hall–Kier alpha value is -0.480. The van der Waals surface area contributed by atoms with Crippen molar-refractivity contribution in [2.45, 2.75) is 57.9 Å². The van der Waals surface area contributed by atoms with Crippen molar-refractivity contribution in [1.29, 1.82) is 0 Å². The fourth-order valence-corrected chi connectivity index (χ4v) is 3.57. The number of nitrogens with one attached hydrogen (secondary N) is 1. The molecule has 1 saturated carbocycles. The van der Waals surface area contributed by atoms with Gasteiger partial charge in [-0.25, -0.2) is 8.78 Å². The van der Waals surface area contributed by atoms with Crippen LogP contribution in [0.4, 0.5) is 8.78 Å². The minimum Gasteiger partial charge on any atom is -0.310 e. The average Bonchev–Trinajstić information content (AvgIpc) is 2.74. The third-order valence-corrected chi connectivity index (χ3v) is 4.97. The molecule has 0 radical (unpaired) electrons. The molecular weight excluding hydrogens is 336 g/mol. The molecule has 1 fully saturated rings. The van der Waals surface area contributed by atoms with Crippen molar-refractivity contribution in [2.24, 2.45) is 5.92 Å². The molecule has 0 spiro atoms. The Balaban J connectivity index is 2.27. The Morgan fingerprint density at radius 3 is 2.43 bits per heavy atom. The van der Waals surface area contributed by atoms with Gasteiger partial charge in [-0.2, -0.15) is 0 Å². The van der Waals surface area contributed by atoms with E-state index in [9.17, 15) is 8.78 Å². The van der Waals surface area contributed by atoms with E-state index in [1.54, 1.807) is 0 Å². The molecule has 0 aromatic heterocycles. The fraction of sp³-hybridized carbons (Fsp3) is 0.647. The van der Waals surface area contributed by atoms with Crippen molar-refractivity contribution < 1.29 is 8.78 Å². The highest BCUT2D eigenvalue weighted by atomic mass is 79.9. The van der Waals surface area contributed by atoms with Crippen LogP contribution in [-0.4, -0.2) is 6.54 Å². The van der Waals surface area contributed by atoms with Crippen LogP contribution in [0.25, 0.3) is 0 Å². The number of rotatable bonds is 5. The summed E-state index contributed by atoms with van der Waals surface area (Å²) in [5.41, 5.74) is 0.482. The normalized spacial score (nSPS) is 18.5. The minimum absolute atomic E-state index is 0.0781. The molecule has 2 rings (SSSR count). The molecule has 4 heteroatoms. The molecule has 1 atom stereocenters. The molecule has 1 aliphatic rings. The molecule has 21 heavy (non-hydrogen) atoms. The van der Waals surface area contributed by atoms with Gasteiger partial charge in [0.25, 0.3) is 0 Å². The summed E-state index contributed by atoms with van der Waals surface area (Å²) in [6.45, 7) is 2.92. The Morgan fingerprint density at radius 2 is 1.81 bits per heavy atom. The Morgan fingerprint density at radius 1 is 1.14 bits per heavy atom. The first-order chi connectivity index (χ1) is 10.1. The Bertz CT molecular complexity index is 456. The molecular formula is C17H24BrF2N. The van der Waals surface area contributed by atoms with Crippen LogP contribution in [0, 0.1) is 17.6 Å².